The van der Waals surface area contributed by atoms with Gasteiger partial charge in [0.2, 0.25) is 5.88 Å². The summed E-state index contributed by atoms with van der Waals surface area (Å²) in [5, 5.41) is 0. The van der Waals surface area contributed by atoms with E-state index in [9.17, 15) is 4.79 Å². The highest BCUT2D eigenvalue weighted by atomic mass is 16.5. The Morgan fingerprint density at radius 1 is 1.31 bits per heavy atom. The van der Waals surface area contributed by atoms with E-state index >= 15 is 0 Å². The van der Waals surface area contributed by atoms with Gasteiger partial charge in [0.25, 0.3) is 0 Å². The molecule has 0 saturated carbocycles. The summed E-state index contributed by atoms with van der Waals surface area (Å²) in [5.41, 5.74) is 1.64. The Kier molecular flexibility index (Phi) is 4.89. The zero-order valence-corrected chi connectivity index (χ0v) is 10.1. The molecule has 0 radical (unpaired) electrons. The molecular weight excluding hydrogens is 204 g/mol. The zero-order chi connectivity index (χ0) is 12.0. The summed E-state index contributed by atoms with van der Waals surface area (Å²) < 4.78 is 5.07. The minimum atomic E-state index is -0.347. The minimum absolute atomic E-state index is 0.347. The highest BCUT2D eigenvalue weighted by Gasteiger charge is 2.10. The van der Waals surface area contributed by atoms with E-state index in [1.807, 2.05) is 0 Å². The number of carbonyl (C=O) groups excluding carboxylic acids is 1. The molecule has 0 amide bonds. The molecule has 0 atom stereocenters. The molecule has 1 aromatic rings. The Morgan fingerprint density at radius 3 is 2.56 bits per heavy atom. The van der Waals surface area contributed by atoms with Gasteiger partial charge in [0.1, 0.15) is 5.69 Å². The van der Waals surface area contributed by atoms with Gasteiger partial charge in [-0.15, -0.1) is 0 Å². The van der Waals surface area contributed by atoms with Crippen molar-refractivity contribution >= 4 is 5.97 Å². The maximum atomic E-state index is 10.9. The van der Waals surface area contributed by atoms with Crippen LogP contribution < -0.4 is 4.74 Å². The van der Waals surface area contributed by atoms with E-state index in [-0.39, 0.29) is 5.97 Å². The molecule has 0 fully saturated rings. The van der Waals surface area contributed by atoms with Crippen LogP contribution in [0.5, 0.6) is 5.88 Å². The van der Waals surface area contributed by atoms with E-state index in [0.717, 1.165) is 37.1 Å². The monoisotopic (exact) mass is 222 g/mol. The first-order valence-corrected chi connectivity index (χ1v) is 5.70. The van der Waals surface area contributed by atoms with Crippen molar-refractivity contribution in [1.29, 1.82) is 0 Å². The standard InChI is InChI=1S/C12H18N2O2/c1-4-6-10-8-13-11(7-5-2)12(14-10)16-9(3)15/h8H,4-7H2,1-3H3. The van der Waals surface area contributed by atoms with Gasteiger partial charge in [-0.1, -0.05) is 26.7 Å². The lowest BCUT2D eigenvalue weighted by atomic mass is 10.2. The van der Waals surface area contributed by atoms with E-state index in [1.54, 1.807) is 6.20 Å². The van der Waals surface area contributed by atoms with E-state index in [1.165, 1.54) is 6.92 Å². The summed E-state index contributed by atoms with van der Waals surface area (Å²) in [5.74, 6) is 0.0283. The molecule has 1 rings (SSSR count). The summed E-state index contributed by atoms with van der Waals surface area (Å²) in [6.07, 6.45) is 5.36. The smallest absolute Gasteiger partial charge is 0.309 e. The van der Waals surface area contributed by atoms with E-state index < -0.39 is 0 Å². The van der Waals surface area contributed by atoms with Gasteiger partial charge in [0, 0.05) is 13.1 Å². The fourth-order valence-electron chi connectivity index (χ4n) is 1.43. The molecule has 1 aromatic heterocycles. The van der Waals surface area contributed by atoms with Crippen molar-refractivity contribution in [2.75, 3.05) is 0 Å². The quantitative estimate of drug-likeness (QED) is 0.717. The molecule has 4 heteroatoms. The maximum Gasteiger partial charge on any atom is 0.309 e. The lowest BCUT2D eigenvalue weighted by Crippen LogP contribution is -2.09. The van der Waals surface area contributed by atoms with Crippen molar-refractivity contribution in [1.82, 2.24) is 9.97 Å². The topological polar surface area (TPSA) is 52.1 Å². The third kappa shape index (κ3) is 3.61. The second kappa shape index (κ2) is 6.20. The number of carbonyl (C=O) groups is 1. The molecule has 1 heterocycles. The van der Waals surface area contributed by atoms with Crippen molar-refractivity contribution in [3.63, 3.8) is 0 Å². The van der Waals surface area contributed by atoms with Gasteiger partial charge >= 0.3 is 5.97 Å². The van der Waals surface area contributed by atoms with Crippen molar-refractivity contribution in [2.45, 2.75) is 46.5 Å². The lowest BCUT2D eigenvalue weighted by Gasteiger charge is -2.07. The van der Waals surface area contributed by atoms with Crippen molar-refractivity contribution < 1.29 is 9.53 Å². The third-order valence-corrected chi connectivity index (χ3v) is 2.09. The molecular formula is C12H18N2O2. The lowest BCUT2D eigenvalue weighted by molar-refractivity contribution is -0.132. The summed E-state index contributed by atoms with van der Waals surface area (Å²) >= 11 is 0. The molecule has 16 heavy (non-hydrogen) atoms. The average molecular weight is 222 g/mol. The van der Waals surface area contributed by atoms with Gasteiger partial charge in [0.05, 0.1) is 5.69 Å². The summed E-state index contributed by atoms with van der Waals surface area (Å²) in [6.45, 7) is 5.51. The Morgan fingerprint density at radius 2 is 2.00 bits per heavy atom. The van der Waals surface area contributed by atoms with Crippen molar-refractivity contribution in [2.24, 2.45) is 0 Å². The van der Waals surface area contributed by atoms with Crippen molar-refractivity contribution in [3.05, 3.63) is 17.6 Å². The number of aromatic nitrogens is 2. The highest BCUT2D eigenvalue weighted by molar-refractivity contribution is 5.68. The first-order valence-electron chi connectivity index (χ1n) is 5.70. The van der Waals surface area contributed by atoms with Crippen molar-refractivity contribution in [3.8, 4) is 5.88 Å². The second-order valence-electron chi connectivity index (χ2n) is 3.71. The number of hydrogen-bond acceptors (Lipinski definition) is 4. The Labute approximate surface area is 96.1 Å². The molecule has 0 aliphatic heterocycles. The largest absolute Gasteiger partial charge is 0.406 e. The van der Waals surface area contributed by atoms with Gasteiger partial charge < -0.3 is 4.74 Å². The highest BCUT2D eigenvalue weighted by Crippen LogP contribution is 2.16. The Bertz CT molecular complexity index is 364. The number of rotatable bonds is 5. The van der Waals surface area contributed by atoms with Crippen LogP contribution in [0.1, 0.15) is 45.0 Å². The van der Waals surface area contributed by atoms with Crippen LogP contribution in [-0.4, -0.2) is 15.9 Å². The van der Waals surface area contributed by atoms with Gasteiger partial charge in [0.15, 0.2) is 0 Å². The van der Waals surface area contributed by atoms with Crippen LogP contribution in [0.15, 0.2) is 6.20 Å². The fraction of sp³-hybridized carbons (Fsp3) is 0.583. The van der Waals surface area contributed by atoms with Crippen LogP contribution in [0.25, 0.3) is 0 Å². The number of esters is 1. The van der Waals surface area contributed by atoms with E-state index in [4.69, 9.17) is 4.74 Å². The Balaban J connectivity index is 2.95. The molecule has 0 aliphatic carbocycles. The first-order chi connectivity index (χ1) is 7.67. The summed E-state index contributed by atoms with van der Waals surface area (Å²) in [7, 11) is 0. The molecule has 0 bridgehead atoms. The van der Waals surface area contributed by atoms with Gasteiger partial charge in [-0.25, -0.2) is 4.98 Å². The third-order valence-electron chi connectivity index (χ3n) is 2.09. The fourth-order valence-corrected chi connectivity index (χ4v) is 1.43. The predicted molar refractivity (Wildman–Crippen MR) is 61.3 cm³/mol. The SMILES string of the molecule is CCCc1cnc(CCC)c(OC(C)=O)n1. The van der Waals surface area contributed by atoms with Crippen LogP contribution >= 0.6 is 0 Å². The van der Waals surface area contributed by atoms with Crippen LogP contribution in [-0.2, 0) is 17.6 Å². The normalized spacial score (nSPS) is 10.2. The van der Waals surface area contributed by atoms with Crippen LogP contribution in [0.4, 0.5) is 0 Å². The minimum Gasteiger partial charge on any atom is -0.406 e. The Hall–Kier alpha value is -1.45. The number of ether oxygens (including phenoxy) is 1. The van der Waals surface area contributed by atoms with E-state index in [0.29, 0.717) is 5.88 Å². The summed E-state index contributed by atoms with van der Waals surface area (Å²) in [4.78, 5) is 19.6. The summed E-state index contributed by atoms with van der Waals surface area (Å²) in [6, 6.07) is 0. The molecule has 4 nitrogen and oxygen atoms in total. The molecule has 0 saturated heterocycles. The number of hydrogen-bond donors (Lipinski definition) is 0. The molecule has 0 unspecified atom stereocenters. The maximum absolute atomic E-state index is 10.9. The predicted octanol–water partition coefficient (Wildman–Crippen LogP) is 2.31. The van der Waals surface area contributed by atoms with Gasteiger partial charge in [-0.3, -0.25) is 9.78 Å². The second-order valence-corrected chi connectivity index (χ2v) is 3.71. The number of aryl methyl sites for hydroxylation is 2. The zero-order valence-electron chi connectivity index (χ0n) is 10.1. The molecule has 0 aromatic carbocycles. The van der Waals surface area contributed by atoms with Crippen LogP contribution in [0.2, 0.25) is 0 Å². The van der Waals surface area contributed by atoms with Gasteiger partial charge in [-0.2, -0.15) is 0 Å². The van der Waals surface area contributed by atoms with E-state index in [2.05, 4.69) is 23.8 Å². The molecule has 88 valence electrons. The number of nitrogens with zero attached hydrogens (tertiary/aromatic N) is 2. The first kappa shape index (κ1) is 12.6. The van der Waals surface area contributed by atoms with Crippen LogP contribution in [0, 0.1) is 0 Å². The van der Waals surface area contributed by atoms with Gasteiger partial charge in [-0.05, 0) is 12.8 Å². The van der Waals surface area contributed by atoms with Crippen LogP contribution in [0.3, 0.4) is 0 Å². The molecule has 0 aliphatic rings. The average Bonchev–Trinajstić information content (AvgIpc) is 2.22. The molecule has 0 spiro atoms. The molecule has 0 N–H and O–H groups in total.